The first-order chi connectivity index (χ1) is 6.52. The minimum Gasteiger partial charge on any atom is -0.487 e. The molecule has 0 saturated carbocycles. The predicted molar refractivity (Wildman–Crippen MR) is 66.7 cm³/mol. The van der Waals surface area contributed by atoms with Crippen LogP contribution >= 0.6 is 12.2 Å². The van der Waals surface area contributed by atoms with Gasteiger partial charge in [0.2, 0.25) is 0 Å². The predicted octanol–water partition coefficient (Wildman–Crippen LogP) is 4.12. The summed E-state index contributed by atoms with van der Waals surface area (Å²) in [6.45, 7) is 9.14. The summed E-state index contributed by atoms with van der Waals surface area (Å²) in [6, 6.07) is 0. The Morgan fingerprint density at radius 2 is 1.93 bits per heavy atom. The highest BCUT2D eigenvalue weighted by Gasteiger charge is 2.01. The average Bonchev–Trinajstić information content (AvgIpc) is 2.02. The first kappa shape index (κ1) is 13.6. The molecule has 0 aliphatic heterocycles. The Morgan fingerprint density at radius 1 is 1.29 bits per heavy atom. The molecule has 0 saturated heterocycles. The number of thiocarbonyl (C=S) groups is 1. The van der Waals surface area contributed by atoms with Crippen LogP contribution in [0.4, 0.5) is 0 Å². The molecular formula is C12H22OS. The molecule has 0 spiro atoms. The van der Waals surface area contributed by atoms with Crippen molar-refractivity contribution in [3.8, 4) is 0 Å². The van der Waals surface area contributed by atoms with Gasteiger partial charge < -0.3 is 4.74 Å². The lowest BCUT2D eigenvalue weighted by atomic mass is 10.0. The van der Waals surface area contributed by atoms with Crippen LogP contribution < -0.4 is 0 Å². The Kier molecular flexibility index (Phi) is 7.77. The molecule has 82 valence electrons. The van der Waals surface area contributed by atoms with Gasteiger partial charge in [-0.2, -0.15) is 0 Å². The highest BCUT2D eigenvalue weighted by atomic mass is 32.1. The third kappa shape index (κ3) is 9.72. The fourth-order valence-corrected chi connectivity index (χ4v) is 1.29. The van der Waals surface area contributed by atoms with Crippen LogP contribution in [0, 0.1) is 5.92 Å². The van der Waals surface area contributed by atoms with Gasteiger partial charge in [0.1, 0.15) is 0 Å². The highest BCUT2D eigenvalue weighted by Crippen LogP contribution is 2.11. The summed E-state index contributed by atoms with van der Waals surface area (Å²) in [5, 5.41) is 0.654. The average molecular weight is 214 g/mol. The lowest BCUT2D eigenvalue weighted by Crippen LogP contribution is -2.04. The molecule has 0 aromatic carbocycles. The zero-order chi connectivity index (χ0) is 11.0. The zero-order valence-corrected chi connectivity index (χ0v) is 10.6. The van der Waals surface area contributed by atoms with Crippen molar-refractivity contribution in [2.45, 2.75) is 47.0 Å². The second-order valence-corrected chi connectivity index (χ2v) is 4.67. The van der Waals surface area contributed by atoms with Crippen molar-refractivity contribution in [1.29, 1.82) is 0 Å². The molecule has 0 heterocycles. The minimum atomic E-state index is 0.654. The van der Waals surface area contributed by atoms with E-state index in [1.54, 1.807) is 0 Å². The Morgan fingerprint density at radius 3 is 2.43 bits per heavy atom. The van der Waals surface area contributed by atoms with Crippen molar-refractivity contribution in [2.75, 3.05) is 6.61 Å². The highest BCUT2D eigenvalue weighted by molar-refractivity contribution is 7.80. The van der Waals surface area contributed by atoms with Gasteiger partial charge in [0.15, 0.2) is 5.05 Å². The van der Waals surface area contributed by atoms with E-state index >= 15 is 0 Å². The molecule has 0 radical (unpaired) electrons. The van der Waals surface area contributed by atoms with Crippen LogP contribution in [0.2, 0.25) is 0 Å². The molecule has 1 unspecified atom stereocenters. The zero-order valence-electron chi connectivity index (χ0n) is 9.80. The number of hydrogen-bond donors (Lipinski definition) is 0. The van der Waals surface area contributed by atoms with Crippen LogP contribution in [-0.4, -0.2) is 11.7 Å². The lowest BCUT2D eigenvalue weighted by Gasteiger charge is -2.10. The third-order valence-electron chi connectivity index (χ3n) is 2.13. The van der Waals surface area contributed by atoms with E-state index in [9.17, 15) is 0 Å². The van der Waals surface area contributed by atoms with Crippen molar-refractivity contribution >= 4 is 17.3 Å². The van der Waals surface area contributed by atoms with E-state index in [2.05, 4.69) is 26.8 Å². The molecule has 1 atom stereocenters. The molecule has 0 bridgehead atoms. The number of rotatable bonds is 6. The van der Waals surface area contributed by atoms with Crippen molar-refractivity contribution in [2.24, 2.45) is 5.92 Å². The summed E-state index contributed by atoms with van der Waals surface area (Å²) in [4.78, 5) is 0. The van der Waals surface area contributed by atoms with Gasteiger partial charge in [0.25, 0.3) is 0 Å². The first-order valence-corrected chi connectivity index (χ1v) is 5.70. The van der Waals surface area contributed by atoms with E-state index in [4.69, 9.17) is 17.0 Å². The van der Waals surface area contributed by atoms with Gasteiger partial charge in [-0.25, -0.2) is 0 Å². The summed E-state index contributed by atoms with van der Waals surface area (Å²) in [7, 11) is 0. The molecule has 0 fully saturated rings. The van der Waals surface area contributed by atoms with E-state index in [1.165, 1.54) is 18.4 Å². The van der Waals surface area contributed by atoms with E-state index in [1.807, 2.05) is 6.92 Å². The van der Waals surface area contributed by atoms with Crippen LogP contribution in [0.25, 0.3) is 0 Å². The van der Waals surface area contributed by atoms with Gasteiger partial charge in [-0.05, 0) is 51.2 Å². The Hall–Kier alpha value is -0.370. The molecule has 1 nitrogen and oxygen atoms in total. The third-order valence-corrected chi connectivity index (χ3v) is 2.25. The van der Waals surface area contributed by atoms with Gasteiger partial charge in [-0.15, -0.1) is 0 Å². The minimum absolute atomic E-state index is 0.654. The van der Waals surface area contributed by atoms with E-state index < -0.39 is 0 Å². The van der Waals surface area contributed by atoms with Crippen molar-refractivity contribution in [3.63, 3.8) is 0 Å². The first-order valence-electron chi connectivity index (χ1n) is 5.29. The molecule has 0 aromatic heterocycles. The van der Waals surface area contributed by atoms with Gasteiger partial charge in [0.05, 0.1) is 6.61 Å². The smallest absolute Gasteiger partial charge is 0.156 e. The number of allylic oxidation sites excluding steroid dienone is 2. The summed E-state index contributed by atoms with van der Waals surface area (Å²) in [6.07, 6.45) is 5.82. The van der Waals surface area contributed by atoms with Crippen molar-refractivity contribution < 1.29 is 4.74 Å². The second-order valence-electron chi connectivity index (χ2n) is 4.09. The van der Waals surface area contributed by atoms with Crippen LogP contribution in [0.15, 0.2) is 11.6 Å². The maximum Gasteiger partial charge on any atom is 0.156 e. The van der Waals surface area contributed by atoms with Gasteiger partial charge in [-0.3, -0.25) is 0 Å². The molecule has 0 N–H and O–H groups in total. The lowest BCUT2D eigenvalue weighted by molar-refractivity contribution is 0.273. The Bertz CT molecular complexity index is 192. The molecule has 0 aliphatic carbocycles. The summed E-state index contributed by atoms with van der Waals surface area (Å²) in [5.74, 6) is 0.722. The topological polar surface area (TPSA) is 9.23 Å². The number of hydrogen-bond acceptors (Lipinski definition) is 2. The van der Waals surface area contributed by atoms with Gasteiger partial charge in [-0.1, -0.05) is 18.6 Å². The number of ether oxygens (including phenoxy) is 1. The van der Waals surface area contributed by atoms with Crippen LogP contribution in [-0.2, 0) is 4.74 Å². The van der Waals surface area contributed by atoms with Gasteiger partial charge >= 0.3 is 0 Å². The molecule has 0 aliphatic rings. The van der Waals surface area contributed by atoms with Gasteiger partial charge in [0, 0.05) is 6.92 Å². The fourth-order valence-electron chi connectivity index (χ4n) is 1.20. The van der Waals surface area contributed by atoms with Crippen molar-refractivity contribution in [3.05, 3.63) is 11.6 Å². The quantitative estimate of drug-likeness (QED) is 0.486. The van der Waals surface area contributed by atoms with E-state index in [0.717, 1.165) is 18.9 Å². The van der Waals surface area contributed by atoms with Crippen LogP contribution in [0.5, 0.6) is 0 Å². The second kappa shape index (κ2) is 7.98. The summed E-state index contributed by atoms with van der Waals surface area (Å²) >= 11 is 4.84. The van der Waals surface area contributed by atoms with Crippen molar-refractivity contribution in [1.82, 2.24) is 0 Å². The largest absolute Gasteiger partial charge is 0.487 e. The van der Waals surface area contributed by atoms with E-state index in [-0.39, 0.29) is 0 Å². The normalized spacial score (nSPS) is 12.0. The van der Waals surface area contributed by atoms with E-state index in [0.29, 0.717) is 5.05 Å². The Balaban J connectivity index is 3.41. The maximum absolute atomic E-state index is 5.26. The summed E-state index contributed by atoms with van der Waals surface area (Å²) in [5.41, 5.74) is 1.41. The molecule has 14 heavy (non-hydrogen) atoms. The standard InChI is InChI=1S/C12H22OS/c1-10(2)6-5-7-11(3)8-9-13-12(4)14/h6,11H,5,7-9H2,1-4H3. The van der Waals surface area contributed by atoms with Crippen LogP contribution in [0.3, 0.4) is 0 Å². The summed E-state index contributed by atoms with van der Waals surface area (Å²) < 4.78 is 5.26. The molecular weight excluding hydrogens is 192 g/mol. The molecule has 0 aromatic rings. The SMILES string of the molecule is CC(=S)OCCC(C)CCC=C(C)C. The fraction of sp³-hybridized carbons (Fsp3) is 0.750. The molecule has 2 heteroatoms. The van der Waals surface area contributed by atoms with Crippen LogP contribution in [0.1, 0.15) is 47.0 Å². The molecule has 0 rings (SSSR count). The monoisotopic (exact) mass is 214 g/mol. The molecule has 0 amide bonds. The maximum atomic E-state index is 5.26. The Labute approximate surface area is 93.5 Å².